The van der Waals surface area contributed by atoms with Gasteiger partial charge < -0.3 is 10.2 Å². The molecule has 2 rings (SSSR count). The third kappa shape index (κ3) is 3.06. The monoisotopic (exact) mass is 292 g/mol. The number of carbonyl (C=O) groups excluding carboxylic acids is 2. The molecule has 114 valence electrons. The molecule has 1 unspecified atom stereocenters. The average molecular weight is 292 g/mol. The molecule has 0 aromatic heterocycles. The maximum Gasteiger partial charge on any atom is 0.248 e. The van der Waals surface area contributed by atoms with Gasteiger partial charge >= 0.3 is 0 Å². The van der Waals surface area contributed by atoms with Crippen LogP contribution >= 0.6 is 0 Å². The maximum atomic E-state index is 13.0. The summed E-state index contributed by atoms with van der Waals surface area (Å²) >= 11 is 0. The molecule has 1 aliphatic rings. The SMILES string of the molecule is CC(C)C1C(=O)NC(C)(C)C(=O)N1Cc1ccc(F)cc1. The Balaban J connectivity index is 2.32. The van der Waals surface area contributed by atoms with E-state index in [2.05, 4.69) is 5.32 Å². The second-order valence-corrected chi connectivity index (χ2v) is 6.36. The Morgan fingerprint density at radius 1 is 1.24 bits per heavy atom. The molecule has 1 aromatic rings. The van der Waals surface area contributed by atoms with Gasteiger partial charge in [0, 0.05) is 6.54 Å². The number of rotatable bonds is 3. The first-order valence-corrected chi connectivity index (χ1v) is 7.10. The fourth-order valence-electron chi connectivity index (χ4n) is 2.68. The molecule has 4 nitrogen and oxygen atoms in total. The van der Waals surface area contributed by atoms with Gasteiger partial charge in [0.1, 0.15) is 17.4 Å². The first-order chi connectivity index (χ1) is 9.72. The summed E-state index contributed by atoms with van der Waals surface area (Å²) in [6.45, 7) is 7.52. The molecule has 1 heterocycles. The van der Waals surface area contributed by atoms with Gasteiger partial charge in [-0.1, -0.05) is 26.0 Å². The molecule has 1 atom stereocenters. The Morgan fingerprint density at radius 3 is 2.33 bits per heavy atom. The normalized spacial score (nSPS) is 21.6. The zero-order valence-corrected chi connectivity index (χ0v) is 12.8. The summed E-state index contributed by atoms with van der Waals surface area (Å²) in [6, 6.07) is 5.49. The zero-order valence-electron chi connectivity index (χ0n) is 12.8. The van der Waals surface area contributed by atoms with E-state index in [0.29, 0.717) is 6.54 Å². The molecule has 1 aliphatic heterocycles. The standard InChI is InChI=1S/C16H21FN2O2/c1-10(2)13-14(20)18-16(3,4)15(21)19(13)9-11-5-7-12(17)8-6-11/h5-8,10,13H,9H2,1-4H3,(H,18,20). The molecular formula is C16H21FN2O2. The third-order valence-corrected chi connectivity index (χ3v) is 3.73. The van der Waals surface area contributed by atoms with Crippen LogP contribution in [0.5, 0.6) is 0 Å². The highest BCUT2D eigenvalue weighted by Crippen LogP contribution is 2.24. The summed E-state index contributed by atoms with van der Waals surface area (Å²) in [4.78, 5) is 26.5. The fraction of sp³-hybridized carbons (Fsp3) is 0.500. The number of benzene rings is 1. The van der Waals surface area contributed by atoms with Crippen LogP contribution in [0.4, 0.5) is 4.39 Å². The minimum atomic E-state index is -0.914. The van der Waals surface area contributed by atoms with Crippen LogP contribution in [0, 0.1) is 11.7 Å². The van der Waals surface area contributed by atoms with E-state index in [1.165, 1.54) is 12.1 Å². The summed E-state index contributed by atoms with van der Waals surface area (Å²) < 4.78 is 13.0. The highest BCUT2D eigenvalue weighted by atomic mass is 19.1. The second-order valence-electron chi connectivity index (χ2n) is 6.36. The van der Waals surface area contributed by atoms with Gasteiger partial charge in [0.05, 0.1) is 0 Å². The lowest BCUT2D eigenvalue weighted by Crippen LogP contribution is -2.68. The van der Waals surface area contributed by atoms with E-state index in [9.17, 15) is 14.0 Å². The Hall–Kier alpha value is -1.91. The van der Waals surface area contributed by atoms with Crippen molar-refractivity contribution < 1.29 is 14.0 Å². The average Bonchev–Trinajstić information content (AvgIpc) is 2.37. The topological polar surface area (TPSA) is 49.4 Å². The number of piperazine rings is 1. The van der Waals surface area contributed by atoms with Gasteiger partial charge in [-0.3, -0.25) is 9.59 Å². The van der Waals surface area contributed by atoms with Crippen molar-refractivity contribution >= 4 is 11.8 Å². The van der Waals surface area contributed by atoms with Crippen LogP contribution in [0.25, 0.3) is 0 Å². The number of halogens is 1. The van der Waals surface area contributed by atoms with Crippen molar-refractivity contribution in [2.75, 3.05) is 0 Å². The first kappa shape index (κ1) is 15.5. The van der Waals surface area contributed by atoms with Gasteiger partial charge in [-0.05, 0) is 37.5 Å². The molecule has 0 radical (unpaired) electrons. The highest BCUT2D eigenvalue weighted by Gasteiger charge is 2.46. The molecule has 2 amide bonds. The van der Waals surface area contributed by atoms with E-state index in [0.717, 1.165) is 5.56 Å². The number of carbonyl (C=O) groups is 2. The highest BCUT2D eigenvalue weighted by molar-refractivity contribution is 5.99. The Bertz CT molecular complexity index is 552. The summed E-state index contributed by atoms with van der Waals surface area (Å²) in [6.07, 6.45) is 0. The lowest BCUT2D eigenvalue weighted by molar-refractivity contribution is -0.156. The van der Waals surface area contributed by atoms with E-state index >= 15 is 0 Å². The number of hydrogen-bond donors (Lipinski definition) is 1. The molecular weight excluding hydrogens is 271 g/mol. The van der Waals surface area contributed by atoms with E-state index in [4.69, 9.17) is 0 Å². The van der Waals surface area contributed by atoms with Crippen LogP contribution in [-0.2, 0) is 16.1 Å². The van der Waals surface area contributed by atoms with Crippen LogP contribution in [0.2, 0.25) is 0 Å². The predicted octanol–water partition coefficient (Wildman–Crippen LogP) is 2.09. The Kier molecular flexibility index (Phi) is 4.03. The first-order valence-electron chi connectivity index (χ1n) is 7.10. The molecule has 1 aromatic carbocycles. The van der Waals surface area contributed by atoms with E-state index in [-0.39, 0.29) is 23.5 Å². The second kappa shape index (κ2) is 5.47. The van der Waals surface area contributed by atoms with E-state index < -0.39 is 11.6 Å². The minimum Gasteiger partial charge on any atom is -0.340 e. The van der Waals surface area contributed by atoms with Crippen molar-refractivity contribution in [3.05, 3.63) is 35.6 Å². The quantitative estimate of drug-likeness (QED) is 0.927. The lowest BCUT2D eigenvalue weighted by Gasteiger charge is -2.44. The zero-order chi connectivity index (χ0) is 15.8. The van der Waals surface area contributed by atoms with E-state index in [1.54, 1.807) is 30.9 Å². The van der Waals surface area contributed by atoms with Crippen LogP contribution in [-0.4, -0.2) is 28.3 Å². The fourth-order valence-corrected chi connectivity index (χ4v) is 2.68. The predicted molar refractivity (Wildman–Crippen MR) is 77.8 cm³/mol. The third-order valence-electron chi connectivity index (χ3n) is 3.73. The summed E-state index contributed by atoms with van der Waals surface area (Å²) in [5, 5.41) is 2.77. The van der Waals surface area contributed by atoms with Crippen LogP contribution in [0.15, 0.2) is 24.3 Å². The summed E-state index contributed by atoms with van der Waals surface area (Å²) in [5.74, 6) is -0.575. The molecule has 1 saturated heterocycles. The van der Waals surface area contributed by atoms with E-state index in [1.807, 2.05) is 13.8 Å². The van der Waals surface area contributed by atoms with Crippen molar-refractivity contribution in [2.45, 2.75) is 45.8 Å². The number of amides is 2. The number of nitrogens with zero attached hydrogens (tertiary/aromatic N) is 1. The van der Waals surface area contributed by atoms with Crippen LogP contribution < -0.4 is 5.32 Å². The lowest BCUT2D eigenvalue weighted by atomic mass is 9.91. The van der Waals surface area contributed by atoms with Gasteiger partial charge in [-0.2, -0.15) is 0 Å². The van der Waals surface area contributed by atoms with Crippen molar-refractivity contribution in [3.63, 3.8) is 0 Å². The van der Waals surface area contributed by atoms with Crippen molar-refractivity contribution in [2.24, 2.45) is 5.92 Å². The Morgan fingerprint density at radius 2 is 1.81 bits per heavy atom. The summed E-state index contributed by atoms with van der Waals surface area (Å²) in [5.41, 5.74) is -0.108. The van der Waals surface area contributed by atoms with Gasteiger partial charge in [-0.15, -0.1) is 0 Å². The van der Waals surface area contributed by atoms with Crippen molar-refractivity contribution in [1.29, 1.82) is 0 Å². The van der Waals surface area contributed by atoms with Crippen LogP contribution in [0.1, 0.15) is 33.3 Å². The molecule has 0 saturated carbocycles. The van der Waals surface area contributed by atoms with Gasteiger partial charge in [0.15, 0.2) is 0 Å². The molecule has 5 heteroatoms. The Labute approximate surface area is 124 Å². The molecule has 0 aliphatic carbocycles. The molecule has 0 spiro atoms. The smallest absolute Gasteiger partial charge is 0.248 e. The molecule has 21 heavy (non-hydrogen) atoms. The van der Waals surface area contributed by atoms with Crippen molar-refractivity contribution in [3.8, 4) is 0 Å². The number of nitrogens with one attached hydrogen (secondary N) is 1. The largest absolute Gasteiger partial charge is 0.340 e. The van der Waals surface area contributed by atoms with Crippen LogP contribution in [0.3, 0.4) is 0 Å². The number of hydrogen-bond acceptors (Lipinski definition) is 2. The van der Waals surface area contributed by atoms with Crippen molar-refractivity contribution in [1.82, 2.24) is 10.2 Å². The minimum absolute atomic E-state index is 0.00509. The van der Waals surface area contributed by atoms with Gasteiger partial charge in [-0.25, -0.2) is 4.39 Å². The molecule has 0 bridgehead atoms. The molecule has 1 fully saturated rings. The maximum absolute atomic E-state index is 13.0. The summed E-state index contributed by atoms with van der Waals surface area (Å²) in [7, 11) is 0. The van der Waals surface area contributed by atoms with Gasteiger partial charge in [0.2, 0.25) is 11.8 Å². The van der Waals surface area contributed by atoms with Gasteiger partial charge in [0.25, 0.3) is 0 Å². The molecule has 1 N–H and O–H groups in total.